The van der Waals surface area contributed by atoms with Crippen molar-refractivity contribution in [2.75, 3.05) is 6.61 Å². The van der Waals surface area contributed by atoms with Crippen LogP contribution in [-0.2, 0) is 9.53 Å². The highest BCUT2D eigenvalue weighted by atomic mass is 35.5. The maximum absolute atomic E-state index is 11.4. The van der Waals surface area contributed by atoms with Crippen LogP contribution in [0.1, 0.15) is 38.8 Å². The van der Waals surface area contributed by atoms with Gasteiger partial charge in [-0.05, 0) is 38.5 Å². The van der Waals surface area contributed by atoms with Gasteiger partial charge in [0.25, 0.3) is 0 Å². The van der Waals surface area contributed by atoms with Crippen molar-refractivity contribution in [2.45, 2.75) is 39.3 Å². The molecule has 1 aromatic carbocycles. The van der Waals surface area contributed by atoms with Crippen molar-refractivity contribution in [3.05, 3.63) is 28.8 Å². The molecule has 0 saturated heterocycles. The van der Waals surface area contributed by atoms with Crippen molar-refractivity contribution in [3.63, 3.8) is 0 Å². The van der Waals surface area contributed by atoms with Crippen LogP contribution in [0, 0.1) is 0 Å². The zero-order valence-electron chi connectivity index (χ0n) is 11.5. The van der Waals surface area contributed by atoms with Gasteiger partial charge in [-0.3, -0.25) is 4.79 Å². The van der Waals surface area contributed by atoms with Gasteiger partial charge < -0.3 is 15.2 Å². The van der Waals surface area contributed by atoms with Crippen LogP contribution in [0.5, 0.6) is 5.75 Å². The van der Waals surface area contributed by atoms with E-state index in [-0.39, 0.29) is 18.5 Å². The van der Waals surface area contributed by atoms with Gasteiger partial charge in [-0.15, -0.1) is 0 Å². The minimum absolute atomic E-state index is 0.0223. The molecule has 1 rings (SSSR count). The van der Waals surface area contributed by atoms with Gasteiger partial charge in [-0.2, -0.15) is 0 Å². The van der Waals surface area contributed by atoms with Crippen LogP contribution in [-0.4, -0.2) is 18.7 Å². The number of hydrogen-bond donors (Lipinski definition) is 1. The Balaban J connectivity index is 2.80. The predicted octanol–water partition coefficient (Wildman–Crippen LogP) is 3.08. The topological polar surface area (TPSA) is 61.5 Å². The normalized spacial score (nSPS) is 12.3. The summed E-state index contributed by atoms with van der Waals surface area (Å²) in [5.74, 6) is 0.268. The van der Waals surface area contributed by atoms with Gasteiger partial charge in [0, 0.05) is 6.04 Å². The van der Waals surface area contributed by atoms with Gasteiger partial charge in [-0.1, -0.05) is 17.7 Å². The Labute approximate surface area is 118 Å². The van der Waals surface area contributed by atoms with Crippen molar-refractivity contribution >= 4 is 17.6 Å². The molecule has 0 saturated carbocycles. The maximum Gasteiger partial charge on any atom is 0.307 e. The average molecular weight is 286 g/mol. The van der Waals surface area contributed by atoms with E-state index in [2.05, 4.69) is 0 Å². The lowest BCUT2D eigenvalue weighted by Gasteiger charge is -2.16. The van der Waals surface area contributed by atoms with E-state index in [9.17, 15) is 4.79 Å². The highest BCUT2D eigenvalue weighted by Crippen LogP contribution is 2.29. The molecule has 0 aliphatic carbocycles. The minimum Gasteiger partial charge on any atom is -0.489 e. The van der Waals surface area contributed by atoms with Crippen LogP contribution in [0.15, 0.2) is 18.2 Å². The van der Waals surface area contributed by atoms with Gasteiger partial charge in [0.15, 0.2) is 0 Å². The first-order valence-corrected chi connectivity index (χ1v) is 6.69. The Kier molecular flexibility index (Phi) is 6.12. The van der Waals surface area contributed by atoms with Crippen LogP contribution >= 0.6 is 11.6 Å². The number of halogens is 1. The number of esters is 1. The Morgan fingerprint density at radius 2 is 2.11 bits per heavy atom. The molecule has 0 unspecified atom stereocenters. The molecule has 5 heteroatoms. The monoisotopic (exact) mass is 285 g/mol. The first kappa shape index (κ1) is 15.8. The van der Waals surface area contributed by atoms with Gasteiger partial charge in [0.05, 0.1) is 24.2 Å². The fourth-order valence-electron chi connectivity index (χ4n) is 1.61. The first-order chi connectivity index (χ1) is 8.93. The van der Waals surface area contributed by atoms with Crippen molar-refractivity contribution in [1.82, 2.24) is 0 Å². The maximum atomic E-state index is 11.4. The number of hydrogen-bond acceptors (Lipinski definition) is 4. The Morgan fingerprint density at radius 3 is 2.68 bits per heavy atom. The Bertz CT molecular complexity index is 435. The van der Waals surface area contributed by atoms with E-state index >= 15 is 0 Å². The third-order valence-electron chi connectivity index (χ3n) is 2.44. The molecule has 19 heavy (non-hydrogen) atoms. The number of benzene rings is 1. The third-order valence-corrected chi connectivity index (χ3v) is 2.75. The van der Waals surface area contributed by atoms with Crippen LogP contribution in [0.2, 0.25) is 5.02 Å². The number of ether oxygens (including phenoxy) is 2. The second-order valence-corrected chi connectivity index (χ2v) is 4.88. The predicted molar refractivity (Wildman–Crippen MR) is 75.4 cm³/mol. The van der Waals surface area contributed by atoms with Crippen LogP contribution in [0.3, 0.4) is 0 Å². The van der Waals surface area contributed by atoms with Gasteiger partial charge in [0.1, 0.15) is 5.75 Å². The summed E-state index contributed by atoms with van der Waals surface area (Å²) in [4.78, 5) is 11.4. The van der Waals surface area contributed by atoms with E-state index in [0.29, 0.717) is 17.4 Å². The molecule has 1 atom stereocenters. The zero-order valence-corrected chi connectivity index (χ0v) is 12.2. The molecule has 0 aromatic heterocycles. The lowest BCUT2D eigenvalue weighted by Crippen LogP contribution is -2.17. The van der Waals surface area contributed by atoms with Gasteiger partial charge in [0.2, 0.25) is 0 Å². The molecule has 0 fully saturated rings. The quantitative estimate of drug-likeness (QED) is 0.816. The lowest BCUT2D eigenvalue weighted by atomic mass is 10.0. The minimum atomic E-state index is -0.425. The number of carbonyl (C=O) groups is 1. The molecule has 4 nitrogen and oxygen atoms in total. The van der Waals surface area contributed by atoms with E-state index < -0.39 is 6.04 Å². The van der Waals surface area contributed by atoms with Crippen LogP contribution in [0.25, 0.3) is 0 Å². The largest absolute Gasteiger partial charge is 0.489 e. The molecule has 2 N–H and O–H groups in total. The number of rotatable bonds is 6. The lowest BCUT2D eigenvalue weighted by molar-refractivity contribution is -0.143. The van der Waals surface area contributed by atoms with E-state index in [4.69, 9.17) is 26.8 Å². The van der Waals surface area contributed by atoms with Gasteiger partial charge >= 0.3 is 5.97 Å². The highest BCUT2D eigenvalue weighted by Gasteiger charge is 2.14. The van der Waals surface area contributed by atoms with E-state index in [1.807, 2.05) is 13.8 Å². The Hall–Kier alpha value is -1.26. The molecule has 0 bridgehead atoms. The highest BCUT2D eigenvalue weighted by molar-refractivity contribution is 6.32. The summed E-state index contributed by atoms with van der Waals surface area (Å²) in [5.41, 5.74) is 6.78. The van der Waals surface area contributed by atoms with Crippen molar-refractivity contribution in [2.24, 2.45) is 5.73 Å². The fourth-order valence-corrected chi connectivity index (χ4v) is 1.77. The smallest absolute Gasteiger partial charge is 0.307 e. The van der Waals surface area contributed by atoms with Crippen molar-refractivity contribution < 1.29 is 14.3 Å². The number of carbonyl (C=O) groups excluding carboxylic acids is 1. The SMILES string of the molecule is CCOC(=O)C[C@H](N)c1ccc(Cl)c(OC(C)C)c1. The summed E-state index contributed by atoms with van der Waals surface area (Å²) in [6.45, 7) is 5.96. The summed E-state index contributed by atoms with van der Waals surface area (Å²) < 4.78 is 10.5. The zero-order chi connectivity index (χ0) is 14.4. The second-order valence-electron chi connectivity index (χ2n) is 4.47. The fraction of sp³-hybridized carbons (Fsp3) is 0.500. The van der Waals surface area contributed by atoms with Crippen LogP contribution < -0.4 is 10.5 Å². The first-order valence-electron chi connectivity index (χ1n) is 6.31. The standard InChI is InChI=1S/C14H20ClNO3/c1-4-18-14(17)8-12(16)10-5-6-11(15)13(7-10)19-9(2)3/h5-7,9,12H,4,8,16H2,1-3H3/t12-/m0/s1. The molecule has 106 valence electrons. The molecule has 0 heterocycles. The average Bonchev–Trinajstić information content (AvgIpc) is 2.31. The van der Waals surface area contributed by atoms with E-state index in [1.165, 1.54) is 0 Å². The van der Waals surface area contributed by atoms with Crippen molar-refractivity contribution in [3.8, 4) is 5.75 Å². The summed E-state index contributed by atoms with van der Waals surface area (Å²) in [6.07, 6.45) is 0.158. The van der Waals surface area contributed by atoms with E-state index in [0.717, 1.165) is 5.56 Å². The Morgan fingerprint density at radius 1 is 1.42 bits per heavy atom. The van der Waals surface area contributed by atoms with Gasteiger partial charge in [-0.25, -0.2) is 0 Å². The summed E-state index contributed by atoms with van der Waals surface area (Å²) in [6, 6.07) is 4.86. The van der Waals surface area contributed by atoms with E-state index in [1.54, 1.807) is 25.1 Å². The van der Waals surface area contributed by atoms with Crippen LogP contribution in [0.4, 0.5) is 0 Å². The second kappa shape index (κ2) is 7.36. The summed E-state index contributed by atoms with van der Waals surface area (Å²) in [7, 11) is 0. The van der Waals surface area contributed by atoms with Crippen molar-refractivity contribution in [1.29, 1.82) is 0 Å². The molecule has 1 aromatic rings. The molecule has 0 amide bonds. The third kappa shape index (κ3) is 5.09. The molecule has 0 aliphatic heterocycles. The molecular weight excluding hydrogens is 266 g/mol. The summed E-state index contributed by atoms with van der Waals surface area (Å²) >= 11 is 6.04. The molecule has 0 aliphatic rings. The molecule has 0 spiro atoms. The molecule has 0 radical (unpaired) electrons. The molecular formula is C14H20ClNO3. The number of nitrogens with two attached hydrogens (primary N) is 1. The summed E-state index contributed by atoms with van der Waals surface area (Å²) in [5, 5.41) is 0.529.